The minimum absolute atomic E-state index is 0.00837. The van der Waals surface area contributed by atoms with Crippen LogP contribution in [0.25, 0.3) is 0 Å². The number of carbonyl (C=O) groups is 3. The van der Waals surface area contributed by atoms with Crippen LogP contribution in [0.3, 0.4) is 0 Å². The van der Waals surface area contributed by atoms with Gasteiger partial charge in [0.05, 0.1) is 19.6 Å². The Bertz CT molecular complexity index is 438. The second-order valence-electron chi connectivity index (χ2n) is 7.39. The van der Waals surface area contributed by atoms with Gasteiger partial charge in [0.2, 0.25) is 17.7 Å². The third-order valence-electron chi connectivity index (χ3n) is 4.15. The molecule has 0 unspecified atom stereocenters. The molecule has 0 aromatic heterocycles. The van der Waals surface area contributed by atoms with Gasteiger partial charge in [-0.25, -0.2) is 0 Å². The normalized spacial score (nSPS) is 11.1. The summed E-state index contributed by atoms with van der Waals surface area (Å²) in [5, 5.41) is 2.82. The van der Waals surface area contributed by atoms with Crippen LogP contribution in [0.1, 0.15) is 40.5 Å². The van der Waals surface area contributed by atoms with Crippen molar-refractivity contribution >= 4 is 17.7 Å². The summed E-state index contributed by atoms with van der Waals surface area (Å²) in [6, 6.07) is 0.259. The maximum atomic E-state index is 12.2. The summed E-state index contributed by atoms with van der Waals surface area (Å²) < 4.78 is 0. The summed E-state index contributed by atoms with van der Waals surface area (Å²) in [5.74, 6) is 0.0774. The van der Waals surface area contributed by atoms with Crippen LogP contribution in [0.4, 0.5) is 0 Å². The third-order valence-corrected chi connectivity index (χ3v) is 4.15. The molecule has 3 amide bonds. The molecular weight excluding hydrogens is 320 g/mol. The van der Waals surface area contributed by atoms with Crippen LogP contribution in [0.5, 0.6) is 0 Å². The van der Waals surface area contributed by atoms with E-state index >= 15 is 0 Å². The fourth-order valence-corrected chi connectivity index (χ4v) is 2.03. The van der Waals surface area contributed by atoms with Crippen LogP contribution in [-0.4, -0.2) is 85.8 Å². The average molecular weight is 357 g/mol. The molecule has 7 heteroatoms. The Morgan fingerprint density at radius 1 is 0.840 bits per heavy atom. The van der Waals surface area contributed by atoms with E-state index in [1.807, 2.05) is 25.8 Å². The summed E-state index contributed by atoms with van der Waals surface area (Å²) in [5.41, 5.74) is 0. The summed E-state index contributed by atoms with van der Waals surface area (Å²) >= 11 is 0. The first-order valence-electron chi connectivity index (χ1n) is 8.99. The Morgan fingerprint density at radius 3 is 1.88 bits per heavy atom. The topological polar surface area (TPSA) is 73.0 Å². The second-order valence-corrected chi connectivity index (χ2v) is 7.39. The lowest BCUT2D eigenvalue weighted by molar-refractivity contribution is -0.140. The van der Waals surface area contributed by atoms with Crippen molar-refractivity contribution in [3.05, 3.63) is 0 Å². The highest BCUT2D eigenvalue weighted by Gasteiger charge is 2.19. The minimum atomic E-state index is -0.250. The Balaban J connectivity index is 4.19. The number of hydrogen-bond donors (Lipinski definition) is 1. The molecule has 0 rings (SSSR count). The van der Waals surface area contributed by atoms with E-state index in [2.05, 4.69) is 19.2 Å². The Kier molecular flexibility index (Phi) is 11.1. The monoisotopic (exact) mass is 356 g/mol. The fourth-order valence-electron chi connectivity index (χ4n) is 2.03. The highest BCUT2D eigenvalue weighted by Crippen LogP contribution is 2.01. The molecule has 0 spiro atoms. The van der Waals surface area contributed by atoms with Crippen LogP contribution >= 0.6 is 0 Å². The van der Waals surface area contributed by atoms with E-state index in [0.717, 1.165) is 12.8 Å². The Hall–Kier alpha value is -1.63. The first-order valence-corrected chi connectivity index (χ1v) is 8.99. The predicted octanol–water partition coefficient (Wildman–Crippen LogP) is 0.796. The molecule has 0 fully saturated rings. The molecule has 0 aliphatic rings. The van der Waals surface area contributed by atoms with Gasteiger partial charge >= 0.3 is 0 Å². The van der Waals surface area contributed by atoms with E-state index in [-0.39, 0.29) is 43.4 Å². The van der Waals surface area contributed by atoms with E-state index in [1.54, 1.807) is 14.1 Å². The molecular formula is C18H36N4O3. The van der Waals surface area contributed by atoms with Crippen molar-refractivity contribution in [2.75, 3.05) is 47.3 Å². The quantitative estimate of drug-likeness (QED) is 0.556. The highest BCUT2D eigenvalue weighted by atomic mass is 16.2. The molecule has 0 radical (unpaired) electrons. The number of amides is 3. The first-order chi connectivity index (χ1) is 11.5. The first kappa shape index (κ1) is 23.4. The molecule has 0 aromatic carbocycles. The zero-order valence-corrected chi connectivity index (χ0v) is 17.0. The smallest absolute Gasteiger partial charge is 0.242 e. The third kappa shape index (κ3) is 10.8. The predicted molar refractivity (Wildman–Crippen MR) is 100 cm³/mol. The van der Waals surface area contributed by atoms with Gasteiger partial charge in [-0.15, -0.1) is 0 Å². The zero-order valence-electron chi connectivity index (χ0n) is 17.0. The fraction of sp³-hybridized carbons (Fsp3) is 0.833. The number of carbonyl (C=O) groups excluding carboxylic acids is 3. The van der Waals surface area contributed by atoms with Gasteiger partial charge in [-0.05, 0) is 39.7 Å². The maximum absolute atomic E-state index is 12.2. The van der Waals surface area contributed by atoms with Crippen molar-refractivity contribution in [2.24, 2.45) is 5.92 Å². The van der Waals surface area contributed by atoms with Crippen LogP contribution in [0, 0.1) is 5.92 Å². The molecule has 7 nitrogen and oxygen atoms in total. The van der Waals surface area contributed by atoms with Gasteiger partial charge < -0.3 is 15.1 Å². The number of hydrogen-bond acceptors (Lipinski definition) is 4. The van der Waals surface area contributed by atoms with Gasteiger partial charge in [0.15, 0.2) is 0 Å². The van der Waals surface area contributed by atoms with Gasteiger partial charge in [-0.2, -0.15) is 0 Å². The molecule has 0 aliphatic carbocycles. The lowest BCUT2D eigenvalue weighted by Crippen LogP contribution is -2.46. The molecule has 0 saturated carbocycles. The van der Waals surface area contributed by atoms with E-state index in [4.69, 9.17) is 0 Å². The van der Waals surface area contributed by atoms with Crippen molar-refractivity contribution in [3.63, 3.8) is 0 Å². The molecule has 0 saturated heterocycles. The molecule has 0 bridgehead atoms. The lowest BCUT2D eigenvalue weighted by Gasteiger charge is -2.25. The molecule has 25 heavy (non-hydrogen) atoms. The van der Waals surface area contributed by atoms with Crippen molar-refractivity contribution in [2.45, 2.75) is 46.6 Å². The molecule has 0 atom stereocenters. The van der Waals surface area contributed by atoms with Gasteiger partial charge in [-0.1, -0.05) is 13.8 Å². The molecule has 0 heterocycles. The largest absolute Gasteiger partial charge is 0.355 e. The van der Waals surface area contributed by atoms with E-state index in [0.29, 0.717) is 12.5 Å². The summed E-state index contributed by atoms with van der Waals surface area (Å²) in [6.07, 6.45) is 1.99. The van der Waals surface area contributed by atoms with Gasteiger partial charge in [0, 0.05) is 26.7 Å². The van der Waals surface area contributed by atoms with Crippen LogP contribution in [-0.2, 0) is 14.4 Å². The Labute approximate surface area is 152 Å². The number of nitrogens with zero attached hydrogens (tertiary/aromatic N) is 3. The molecule has 1 N–H and O–H groups in total. The molecule has 0 aliphatic heterocycles. The highest BCUT2D eigenvalue weighted by molar-refractivity contribution is 5.88. The minimum Gasteiger partial charge on any atom is -0.355 e. The van der Waals surface area contributed by atoms with Crippen LogP contribution in [0.15, 0.2) is 0 Å². The second kappa shape index (κ2) is 11.8. The average Bonchev–Trinajstić information content (AvgIpc) is 2.50. The van der Waals surface area contributed by atoms with Gasteiger partial charge in [-0.3, -0.25) is 19.3 Å². The van der Waals surface area contributed by atoms with Crippen LogP contribution in [0.2, 0.25) is 0 Å². The van der Waals surface area contributed by atoms with Crippen molar-refractivity contribution in [3.8, 4) is 0 Å². The SMILES string of the molecule is CC(C)CCCNC(=O)CN(C)C(=O)CN(C)C(=O)CN(C)C(C)C. The van der Waals surface area contributed by atoms with Crippen molar-refractivity contribution in [1.29, 1.82) is 0 Å². The summed E-state index contributed by atoms with van der Waals surface area (Å²) in [6.45, 7) is 9.17. The summed E-state index contributed by atoms with van der Waals surface area (Å²) in [7, 11) is 5.05. The standard InChI is InChI=1S/C18H36N4O3/c1-14(2)9-8-10-19-16(23)11-21(6)18(25)13-22(7)17(24)12-20(5)15(3)4/h14-15H,8-13H2,1-7H3,(H,19,23). The van der Waals surface area contributed by atoms with Crippen LogP contribution < -0.4 is 5.32 Å². The lowest BCUT2D eigenvalue weighted by atomic mass is 10.1. The molecule has 146 valence electrons. The van der Waals surface area contributed by atoms with E-state index < -0.39 is 0 Å². The molecule has 0 aromatic rings. The Morgan fingerprint density at radius 2 is 1.36 bits per heavy atom. The van der Waals surface area contributed by atoms with Gasteiger partial charge in [0.25, 0.3) is 0 Å². The summed E-state index contributed by atoms with van der Waals surface area (Å²) in [4.78, 5) is 40.8. The van der Waals surface area contributed by atoms with Crippen molar-refractivity contribution in [1.82, 2.24) is 20.0 Å². The number of rotatable bonds is 11. The van der Waals surface area contributed by atoms with Gasteiger partial charge in [0.1, 0.15) is 0 Å². The number of likely N-dealkylation sites (N-methyl/N-ethyl adjacent to an activating group) is 3. The van der Waals surface area contributed by atoms with E-state index in [9.17, 15) is 14.4 Å². The van der Waals surface area contributed by atoms with E-state index in [1.165, 1.54) is 9.80 Å². The maximum Gasteiger partial charge on any atom is 0.242 e. The van der Waals surface area contributed by atoms with Crippen molar-refractivity contribution < 1.29 is 14.4 Å². The zero-order chi connectivity index (χ0) is 19.6. The number of nitrogens with one attached hydrogen (secondary N) is 1.